The first-order valence-electron chi connectivity index (χ1n) is 2.11. The molecule has 0 aliphatic rings. The molecule has 0 aromatic carbocycles. The average Bonchev–Trinajstić information content (AvgIpc) is 1.69. The van der Waals surface area contributed by atoms with Crippen molar-refractivity contribution < 1.29 is 55.6 Å². The average molecular weight is 160 g/mol. The van der Waals surface area contributed by atoms with Gasteiger partial charge in [-0.1, -0.05) is 13.3 Å². The third kappa shape index (κ3) is 49.2. The van der Waals surface area contributed by atoms with E-state index in [0.717, 1.165) is 6.42 Å². The molecule has 0 amide bonds. The summed E-state index contributed by atoms with van der Waals surface area (Å²) in [7, 11) is 0. The quantitative estimate of drug-likeness (QED) is 0.216. The summed E-state index contributed by atoms with van der Waals surface area (Å²) in [6.07, 6.45) is 2.28. The first-order valence-corrected chi connectivity index (χ1v) is 2.93. The number of hydrogen-bond donors (Lipinski definition) is 1. The van der Waals surface area contributed by atoms with Crippen LogP contribution >= 0.6 is 0 Å². The van der Waals surface area contributed by atoms with E-state index >= 15 is 0 Å². The Hall–Kier alpha value is 1.59. The SMILES string of the molecule is N=[SH-]=O.[CH2-]CCC.[K+]. The van der Waals surface area contributed by atoms with Crippen molar-refractivity contribution in [1.82, 2.24) is 0 Å². The summed E-state index contributed by atoms with van der Waals surface area (Å²) in [5.74, 6) is 0. The van der Waals surface area contributed by atoms with Crippen molar-refractivity contribution in [3.8, 4) is 0 Å². The molecule has 46 valence electrons. The standard InChI is InChI=1S/C4H9.K.H2NOS/c1-3-4-2;;1-3-2/h1,3-4H2,2H3;;1,3H/q-1;+1;-1. The third-order valence-electron chi connectivity index (χ3n) is 0.354. The normalized spacial score (nSPS) is 5.75. The molecule has 8 heavy (non-hydrogen) atoms. The van der Waals surface area contributed by atoms with Crippen molar-refractivity contribution in [2.24, 2.45) is 0 Å². The Morgan fingerprint density at radius 3 is 1.88 bits per heavy atom. The summed E-state index contributed by atoms with van der Waals surface area (Å²) < 4.78 is 14.2. The zero-order valence-electron chi connectivity index (χ0n) is 5.48. The zero-order chi connectivity index (χ0) is 6.12. The van der Waals surface area contributed by atoms with Gasteiger partial charge in [-0.15, -0.1) is 0 Å². The van der Waals surface area contributed by atoms with E-state index in [1.165, 1.54) is 6.42 Å². The summed E-state index contributed by atoms with van der Waals surface area (Å²) in [5.41, 5.74) is 0. The summed E-state index contributed by atoms with van der Waals surface area (Å²) in [5, 5.41) is 0. The van der Waals surface area contributed by atoms with Crippen LogP contribution in [0.5, 0.6) is 0 Å². The number of unbranched alkanes of at least 4 members (excludes halogenated alkanes) is 1. The molecule has 0 unspecified atom stereocenters. The molecule has 2 nitrogen and oxygen atoms in total. The second-order valence-electron chi connectivity index (χ2n) is 0.945. The minimum Gasteiger partial charge on any atom is -0.448 e. The van der Waals surface area contributed by atoms with Crippen molar-refractivity contribution in [1.29, 1.82) is 4.78 Å². The van der Waals surface area contributed by atoms with Crippen molar-refractivity contribution in [3.05, 3.63) is 6.92 Å². The molecular formula is C4H11KNOS-. The Morgan fingerprint density at radius 2 is 1.88 bits per heavy atom. The minimum absolute atomic E-state index is 0. The Morgan fingerprint density at radius 1 is 1.75 bits per heavy atom. The maximum atomic E-state index is 8.57. The van der Waals surface area contributed by atoms with Crippen LogP contribution in [0.3, 0.4) is 0 Å². The van der Waals surface area contributed by atoms with Gasteiger partial charge in [0.2, 0.25) is 0 Å². The van der Waals surface area contributed by atoms with Gasteiger partial charge >= 0.3 is 51.4 Å². The Bertz CT molecular complexity index is 52.0. The van der Waals surface area contributed by atoms with Crippen LogP contribution in [0, 0.1) is 11.7 Å². The number of thiol groups is 1. The molecule has 0 bridgehead atoms. The molecular weight excluding hydrogens is 149 g/mol. The molecule has 0 aromatic rings. The van der Waals surface area contributed by atoms with E-state index in [9.17, 15) is 0 Å². The number of nitrogens with one attached hydrogen (secondary N) is 1. The molecule has 0 atom stereocenters. The monoisotopic (exact) mass is 160 g/mol. The van der Waals surface area contributed by atoms with Crippen molar-refractivity contribution >= 4 is 11.5 Å². The van der Waals surface area contributed by atoms with Gasteiger partial charge in [0.15, 0.2) is 0 Å². The van der Waals surface area contributed by atoms with E-state index in [0.29, 0.717) is 0 Å². The first-order chi connectivity index (χ1) is 3.33. The molecule has 0 saturated heterocycles. The van der Waals surface area contributed by atoms with Crippen LogP contribution < -0.4 is 51.4 Å². The Kier molecular flexibility index (Phi) is 47.8. The maximum Gasteiger partial charge on any atom is 1.00 e. The van der Waals surface area contributed by atoms with Gasteiger partial charge in [-0.05, 0) is 0 Å². The fraction of sp³-hybridized carbons (Fsp3) is 0.750. The molecule has 0 radical (unpaired) electrons. The number of rotatable bonds is 1. The molecule has 0 heterocycles. The smallest absolute Gasteiger partial charge is 0.448 e. The Labute approximate surface area is 96.9 Å². The predicted octanol–water partition coefficient (Wildman–Crippen LogP) is -1.47. The van der Waals surface area contributed by atoms with Gasteiger partial charge in [0.1, 0.15) is 0 Å². The van der Waals surface area contributed by atoms with Crippen LogP contribution in [0.4, 0.5) is 0 Å². The van der Waals surface area contributed by atoms with Crippen molar-refractivity contribution in [3.63, 3.8) is 0 Å². The van der Waals surface area contributed by atoms with E-state index in [4.69, 9.17) is 8.99 Å². The summed E-state index contributed by atoms with van der Waals surface area (Å²) >= 11 is -0.583. The number of hydrogen-bond acceptors (Lipinski definition) is 3. The van der Waals surface area contributed by atoms with Crippen LogP contribution in [0.15, 0.2) is 0 Å². The summed E-state index contributed by atoms with van der Waals surface area (Å²) in [6.45, 7) is 5.72. The molecule has 1 N–H and O–H groups in total. The van der Waals surface area contributed by atoms with Gasteiger partial charge < -0.3 is 15.9 Å². The largest absolute Gasteiger partial charge is 1.00 e. The van der Waals surface area contributed by atoms with Crippen LogP contribution in [-0.2, 0) is 15.7 Å². The molecule has 0 aliphatic carbocycles. The fourth-order valence-corrected chi connectivity index (χ4v) is 0. The molecule has 0 rings (SSSR count). The van der Waals surface area contributed by atoms with Crippen LogP contribution in [0.25, 0.3) is 0 Å². The van der Waals surface area contributed by atoms with Gasteiger partial charge in [-0.2, -0.15) is 6.42 Å². The molecule has 0 saturated carbocycles. The van der Waals surface area contributed by atoms with E-state index in [2.05, 4.69) is 13.8 Å². The van der Waals surface area contributed by atoms with Crippen molar-refractivity contribution in [2.45, 2.75) is 19.8 Å². The van der Waals surface area contributed by atoms with Gasteiger partial charge in [0.25, 0.3) is 0 Å². The molecule has 0 spiro atoms. The third-order valence-corrected chi connectivity index (χ3v) is 0.354. The van der Waals surface area contributed by atoms with Gasteiger partial charge in [-0.25, -0.2) is 11.5 Å². The molecule has 4 heteroatoms. The van der Waals surface area contributed by atoms with E-state index in [-0.39, 0.29) is 51.4 Å². The Balaban J connectivity index is -0.0000000575. The summed E-state index contributed by atoms with van der Waals surface area (Å²) in [6, 6.07) is 0. The fourth-order valence-electron chi connectivity index (χ4n) is 0. The van der Waals surface area contributed by atoms with Gasteiger partial charge in [0, 0.05) is 0 Å². The molecule has 0 aromatic heterocycles. The van der Waals surface area contributed by atoms with E-state index < -0.39 is 11.5 Å². The minimum atomic E-state index is -0.583. The zero-order valence-corrected chi connectivity index (χ0v) is 9.49. The predicted molar refractivity (Wildman–Crippen MR) is 32.4 cm³/mol. The van der Waals surface area contributed by atoms with Gasteiger partial charge in [-0.3, -0.25) is 0 Å². The maximum absolute atomic E-state index is 8.57. The van der Waals surface area contributed by atoms with Crippen molar-refractivity contribution in [2.75, 3.05) is 0 Å². The van der Waals surface area contributed by atoms with Crippen LogP contribution in [0.2, 0.25) is 0 Å². The summed E-state index contributed by atoms with van der Waals surface area (Å²) in [4.78, 5) is 0. The van der Waals surface area contributed by atoms with E-state index in [1.807, 2.05) is 0 Å². The first kappa shape index (κ1) is 16.3. The molecule has 0 fully saturated rings. The second kappa shape index (κ2) is 23.5. The topological polar surface area (TPSA) is 40.9 Å². The second-order valence-corrected chi connectivity index (χ2v) is 1.13. The van der Waals surface area contributed by atoms with Gasteiger partial charge in [0.05, 0.1) is 0 Å². The van der Waals surface area contributed by atoms with Crippen LogP contribution in [0.1, 0.15) is 19.8 Å². The van der Waals surface area contributed by atoms with Crippen LogP contribution in [-0.4, -0.2) is 0 Å². The molecule has 0 aliphatic heterocycles. The van der Waals surface area contributed by atoms with E-state index in [1.54, 1.807) is 0 Å².